The first-order chi connectivity index (χ1) is 8.99. The Kier molecular flexibility index (Phi) is 6.17. The van der Waals surface area contributed by atoms with E-state index in [4.69, 9.17) is 11.6 Å². The average Bonchev–Trinajstić information content (AvgIpc) is 2.36. The van der Waals surface area contributed by atoms with Gasteiger partial charge in [-0.15, -0.1) is 12.4 Å². The van der Waals surface area contributed by atoms with Gasteiger partial charge < -0.3 is 10.6 Å². The van der Waals surface area contributed by atoms with E-state index in [0.29, 0.717) is 0 Å². The quantitative estimate of drug-likeness (QED) is 0.821. The highest BCUT2D eigenvalue weighted by Crippen LogP contribution is 2.20. The Morgan fingerprint density at radius 2 is 2.05 bits per heavy atom. The van der Waals surface area contributed by atoms with Gasteiger partial charge in [-0.1, -0.05) is 11.6 Å². The van der Waals surface area contributed by atoms with Crippen LogP contribution in [-0.2, 0) is 0 Å². The summed E-state index contributed by atoms with van der Waals surface area (Å²) in [6.07, 6.45) is 1.81. The molecule has 1 fully saturated rings. The van der Waals surface area contributed by atoms with Crippen LogP contribution >= 0.6 is 24.0 Å². The van der Waals surface area contributed by atoms with Gasteiger partial charge in [-0.25, -0.2) is 8.78 Å². The zero-order valence-corrected chi connectivity index (χ0v) is 12.5. The number of carbonyl (C=O) groups excluding carboxylic acids is 1. The third kappa shape index (κ3) is 3.81. The summed E-state index contributed by atoms with van der Waals surface area (Å²) in [5.74, 6) is -2.62. The van der Waals surface area contributed by atoms with Gasteiger partial charge in [0.05, 0.1) is 10.6 Å². The Balaban J connectivity index is 0.00000200. The number of hydrogen-bond acceptors (Lipinski definition) is 2. The third-order valence-corrected chi connectivity index (χ3v) is 3.65. The highest BCUT2D eigenvalue weighted by atomic mass is 35.5. The van der Waals surface area contributed by atoms with Crippen molar-refractivity contribution in [2.45, 2.75) is 31.8 Å². The molecule has 112 valence electrons. The largest absolute Gasteiger partial charge is 0.348 e. The predicted molar refractivity (Wildman–Crippen MR) is 76.6 cm³/mol. The fourth-order valence-corrected chi connectivity index (χ4v) is 2.42. The molecule has 1 saturated heterocycles. The number of amides is 1. The Hall–Kier alpha value is -0.910. The number of rotatable bonds is 2. The highest BCUT2D eigenvalue weighted by molar-refractivity contribution is 6.33. The summed E-state index contributed by atoms with van der Waals surface area (Å²) < 4.78 is 26.1. The second-order valence-electron chi connectivity index (χ2n) is 4.71. The predicted octanol–water partition coefficient (Wildman–Crippen LogP) is 2.91. The van der Waals surface area contributed by atoms with Gasteiger partial charge in [-0.3, -0.25) is 4.79 Å². The van der Waals surface area contributed by atoms with Gasteiger partial charge in [-0.05, 0) is 38.4 Å². The van der Waals surface area contributed by atoms with Crippen LogP contribution < -0.4 is 10.6 Å². The van der Waals surface area contributed by atoms with Crippen LogP contribution in [0.1, 0.15) is 30.1 Å². The number of carbonyl (C=O) groups is 1. The lowest BCUT2D eigenvalue weighted by atomic mass is 9.99. The highest BCUT2D eigenvalue weighted by Gasteiger charge is 2.24. The molecular formula is C13H16Cl2F2N2O. The summed E-state index contributed by atoms with van der Waals surface area (Å²) in [5, 5.41) is 5.95. The van der Waals surface area contributed by atoms with Crippen molar-refractivity contribution in [3.8, 4) is 0 Å². The van der Waals surface area contributed by atoms with Crippen LogP contribution in [0.25, 0.3) is 0 Å². The number of hydrogen-bond donors (Lipinski definition) is 2. The average molecular weight is 325 g/mol. The summed E-state index contributed by atoms with van der Waals surface area (Å²) in [5.41, 5.74) is -0.0432. The molecule has 1 aliphatic heterocycles. The fourth-order valence-electron chi connectivity index (χ4n) is 2.18. The lowest BCUT2D eigenvalue weighted by Crippen LogP contribution is -2.51. The molecule has 1 aliphatic rings. The smallest absolute Gasteiger partial charge is 0.253 e. The van der Waals surface area contributed by atoms with Gasteiger partial charge in [-0.2, -0.15) is 0 Å². The van der Waals surface area contributed by atoms with E-state index in [-0.39, 0.29) is 35.1 Å². The van der Waals surface area contributed by atoms with E-state index in [1.807, 2.05) is 6.92 Å². The van der Waals surface area contributed by atoms with Crippen molar-refractivity contribution >= 4 is 29.9 Å². The van der Waals surface area contributed by atoms with Crippen LogP contribution in [0, 0.1) is 11.6 Å². The molecule has 0 aliphatic carbocycles. The normalized spacial score (nSPS) is 22.0. The molecule has 2 rings (SSSR count). The van der Waals surface area contributed by atoms with Gasteiger partial charge in [0.25, 0.3) is 5.91 Å². The van der Waals surface area contributed by atoms with Crippen molar-refractivity contribution < 1.29 is 13.6 Å². The SMILES string of the molecule is CC1NCCCC1NC(=O)c1cc(F)c(F)cc1Cl.Cl. The molecule has 2 N–H and O–H groups in total. The standard InChI is InChI=1S/C13H15ClF2N2O.ClH/c1-7-12(3-2-4-17-7)18-13(19)8-5-10(15)11(16)6-9(8)14;/h5-7,12,17H,2-4H2,1H3,(H,18,19);1H. The van der Waals surface area contributed by atoms with E-state index >= 15 is 0 Å². The molecule has 20 heavy (non-hydrogen) atoms. The second-order valence-corrected chi connectivity index (χ2v) is 5.12. The minimum absolute atomic E-state index is 0. The fraction of sp³-hybridized carbons (Fsp3) is 0.462. The molecule has 2 atom stereocenters. The van der Waals surface area contributed by atoms with Crippen LogP contribution in [0.2, 0.25) is 5.02 Å². The number of benzene rings is 1. The molecule has 1 aromatic rings. The number of piperidine rings is 1. The monoisotopic (exact) mass is 324 g/mol. The molecule has 1 amide bonds. The van der Waals surface area contributed by atoms with E-state index in [1.165, 1.54) is 0 Å². The topological polar surface area (TPSA) is 41.1 Å². The molecule has 0 bridgehead atoms. The van der Waals surface area contributed by atoms with Crippen LogP contribution in [0.4, 0.5) is 8.78 Å². The molecule has 0 aromatic heterocycles. The first-order valence-corrected chi connectivity index (χ1v) is 6.55. The lowest BCUT2D eigenvalue weighted by Gasteiger charge is -2.30. The molecule has 3 nitrogen and oxygen atoms in total. The van der Waals surface area contributed by atoms with E-state index < -0.39 is 17.5 Å². The summed E-state index contributed by atoms with van der Waals surface area (Å²) in [6.45, 7) is 2.89. The van der Waals surface area contributed by atoms with Crippen molar-refractivity contribution in [2.24, 2.45) is 0 Å². The van der Waals surface area contributed by atoms with Crippen LogP contribution in [-0.4, -0.2) is 24.5 Å². The Morgan fingerprint density at radius 3 is 2.70 bits per heavy atom. The lowest BCUT2D eigenvalue weighted by molar-refractivity contribution is 0.0919. The van der Waals surface area contributed by atoms with Crippen molar-refractivity contribution in [1.29, 1.82) is 0 Å². The van der Waals surface area contributed by atoms with Gasteiger partial charge in [0.15, 0.2) is 11.6 Å². The first-order valence-electron chi connectivity index (χ1n) is 6.18. The molecule has 0 radical (unpaired) electrons. The van der Waals surface area contributed by atoms with E-state index in [9.17, 15) is 13.6 Å². The summed E-state index contributed by atoms with van der Waals surface area (Å²) in [6, 6.07) is 1.75. The minimum Gasteiger partial charge on any atom is -0.348 e. The van der Waals surface area contributed by atoms with Crippen molar-refractivity contribution in [2.75, 3.05) is 6.54 Å². The van der Waals surface area contributed by atoms with E-state index in [0.717, 1.165) is 31.5 Å². The van der Waals surface area contributed by atoms with Gasteiger partial charge in [0.2, 0.25) is 0 Å². The van der Waals surface area contributed by atoms with Crippen LogP contribution in [0.3, 0.4) is 0 Å². The maximum absolute atomic E-state index is 13.1. The Labute approximate surface area is 127 Å². The number of nitrogens with one attached hydrogen (secondary N) is 2. The van der Waals surface area contributed by atoms with Crippen molar-refractivity contribution in [3.05, 3.63) is 34.4 Å². The number of halogens is 4. The molecular weight excluding hydrogens is 309 g/mol. The molecule has 1 aromatic carbocycles. The maximum Gasteiger partial charge on any atom is 0.253 e. The van der Waals surface area contributed by atoms with Gasteiger partial charge in [0.1, 0.15) is 0 Å². The minimum atomic E-state index is -1.08. The summed E-state index contributed by atoms with van der Waals surface area (Å²) in [7, 11) is 0. The second kappa shape index (κ2) is 7.20. The maximum atomic E-state index is 13.1. The van der Waals surface area contributed by atoms with Gasteiger partial charge >= 0.3 is 0 Å². The summed E-state index contributed by atoms with van der Waals surface area (Å²) >= 11 is 5.77. The van der Waals surface area contributed by atoms with Crippen LogP contribution in [0.15, 0.2) is 12.1 Å². The van der Waals surface area contributed by atoms with Crippen LogP contribution in [0.5, 0.6) is 0 Å². The molecule has 0 spiro atoms. The Morgan fingerprint density at radius 1 is 1.40 bits per heavy atom. The Bertz CT molecular complexity index is 500. The zero-order valence-electron chi connectivity index (χ0n) is 10.9. The van der Waals surface area contributed by atoms with E-state index in [2.05, 4.69) is 10.6 Å². The molecule has 7 heteroatoms. The van der Waals surface area contributed by atoms with Crippen molar-refractivity contribution in [1.82, 2.24) is 10.6 Å². The first kappa shape index (κ1) is 17.1. The molecule has 0 saturated carbocycles. The molecule has 2 unspecified atom stereocenters. The van der Waals surface area contributed by atoms with Gasteiger partial charge in [0, 0.05) is 12.1 Å². The van der Waals surface area contributed by atoms with Crippen molar-refractivity contribution in [3.63, 3.8) is 0 Å². The zero-order chi connectivity index (χ0) is 14.0. The molecule has 1 heterocycles. The van der Waals surface area contributed by atoms with E-state index in [1.54, 1.807) is 0 Å². The summed E-state index contributed by atoms with van der Waals surface area (Å²) in [4.78, 5) is 12.0. The third-order valence-electron chi connectivity index (χ3n) is 3.33.